The Balaban J connectivity index is 1.75. The van der Waals surface area contributed by atoms with Crippen molar-refractivity contribution < 1.29 is 13.2 Å². The van der Waals surface area contributed by atoms with Crippen molar-refractivity contribution in [2.45, 2.75) is 34.9 Å². The molecule has 5 nitrogen and oxygen atoms in total. The number of nitrogens with zero attached hydrogens (tertiary/aromatic N) is 1. The van der Waals surface area contributed by atoms with Crippen LogP contribution in [0.1, 0.15) is 25.7 Å². The zero-order valence-electron chi connectivity index (χ0n) is 12.5. The summed E-state index contributed by atoms with van der Waals surface area (Å²) in [6.45, 7) is 1.09. The highest BCUT2D eigenvalue weighted by molar-refractivity contribution is 7.89. The predicted molar refractivity (Wildman–Crippen MR) is 90.2 cm³/mol. The van der Waals surface area contributed by atoms with Crippen LogP contribution in [0.3, 0.4) is 0 Å². The maximum absolute atomic E-state index is 12.6. The van der Waals surface area contributed by atoms with Crippen LogP contribution < -0.4 is 5.32 Å². The standard InChI is InChI=1S/C15H18Cl2N2O3S/c16-15(17)10-13(15)14(20)18-11-5-4-6-12(9-11)23(21,22)19-7-2-1-3-8-19/h4-6,9,13H,1-3,7-8,10H2,(H,18,20). The van der Waals surface area contributed by atoms with Crippen LogP contribution in [0, 0.1) is 5.92 Å². The summed E-state index contributed by atoms with van der Waals surface area (Å²) >= 11 is 11.8. The van der Waals surface area contributed by atoms with Crippen LogP contribution in [0.5, 0.6) is 0 Å². The molecule has 1 aliphatic heterocycles. The molecule has 0 spiro atoms. The molecule has 126 valence electrons. The molecule has 23 heavy (non-hydrogen) atoms. The molecule has 3 rings (SSSR count). The number of hydrogen-bond acceptors (Lipinski definition) is 3. The maximum Gasteiger partial charge on any atom is 0.243 e. The summed E-state index contributed by atoms with van der Waals surface area (Å²) in [6.07, 6.45) is 3.23. The van der Waals surface area contributed by atoms with Crippen LogP contribution in [0.2, 0.25) is 0 Å². The zero-order chi connectivity index (χ0) is 16.7. The van der Waals surface area contributed by atoms with E-state index < -0.39 is 20.3 Å². The van der Waals surface area contributed by atoms with E-state index >= 15 is 0 Å². The first-order valence-electron chi connectivity index (χ1n) is 7.60. The summed E-state index contributed by atoms with van der Waals surface area (Å²) in [5, 5.41) is 2.68. The molecule has 8 heteroatoms. The minimum atomic E-state index is -3.52. The van der Waals surface area contributed by atoms with Gasteiger partial charge in [0, 0.05) is 18.8 Å². The van der Waals surface area contributed by atoms with Crippen molar-refractivity contribution >= 4 is 44.8 Å². The third kappa shape index (κ3) is 3.65. The molecule has 1 aliphatic carbocycles. The normalized spacial score (nSPS) is 24.2. The Labute approximate surface area is 146 Å². The summed E-state index contributed by atoms with van der Waals surface area (Å²) in [5.74, 6) is -0.740. The lowest BCUT2D eigenvalue weighted by atomic mass is 10.2. The number of alkyl halides is 2. The number of nitrogens with one attached hydrogen (secondary N) is 1. The molecular weight excluding hydrogens is 359 g/mol. The maximum atomic E-state index is 12.6. The smallest absolute Gasteiger partial charge is 0.243 e. The molecule has 0 aromatic heterocycles. The highest BCUT2D eigenvalue weighted by atomic mass is 35.5. The van der Waals surface area contributed by atoms with Gasteiger partial charge in [-0.3, -0.25) is 4.79 Å². The number of amides is 1. The molecule has 1 aromatic rings. The lowest BCUT2D eigenvalue weighted by Gasteiger charge is -2.26. The number of rotatable bonds is 4. The van der Waals surface area contributed by atoms with Crippen molar-refractivity contribution in [3.8, 4) is 0 Å². The van der Waals surface area contributed by atoms with Gasteiger partial charge in [-0.1, -0.05) is 12.5 Å². The van der Waals surface area contributed by atoms with Crippen molar-refractivity contribution in [3.63, 3.8) is 0 Å². The number of benzene rings is 1. The van der Waals surface area contributed by atoms with E-state index in [1.54, 1.807) is 18.2 Å². The number of carbonyl (C=O) groups excluding carboxylic acids is 1. The largest absolute Gasteiger partial charge is 0.326 e. The van der Waals surface area contributed by atoms with Gasteiger partial charge in [-0.25, -0.2) is 8.42 Å². The van der Waals surface area contributed by atoms with Crippen LogP contribution in [0.4, 0.5) is 5.69 Å². The summed E-state index contributed by atoms with van der Waals surface area (Å²) in [5.41, 5.74) is 0.434. The van der Waals surface area contributed by atoms with Gasteiger partial charge in [0.15, 0.2) is 0 Å². The van der Waals surface area contributed by atoms with Crippen molar-refractivity contribution in [1.82, 2.24) is 4.31 Å². The van der Waals surface area contributed by atoms with E-state index in [0.29, 0.717) is 25.2 Å². The minimum Gasteiger partial charge on any atom is -0.326 e. The van der Waals surface area contributed by atoms with E-state index in [9.17, 15) is 13.2 Å². The topological polar surface area (TPSA) is 66.5 Å². The fourth-order valence-corrected chi connectivity index (χ4v) is 4.79. The fourth-order valence-electron chi connectivity index (χ4n) is 2.72. The molecular formula is C15H18Cl2N2O3S. The Bertz CT molecular complexity index is 715. The number of sulfonamides is 1. The van der Waals surface area contributed by atoms with E-state index in [4.69, 9.17) is 23.2 Å². The van der Waals surface area contributed by atoms with Gasteiger partial charge in [-0.2, -0.15) is 4.31 Å². The van der Waals surface area contributed by atoms with Crippen molar-refractivity contribution in [3.05, 3.63) is 24.3 Å². The predicted octanol–water partition coefficient (Wildman–Crippen LogP) is 2.99. The van der Waals surface area contributed by atoms with Gasteiger partial charge in [0.25, 0.3) is 0 Å². The first kappa shape index (κ1) is 17.0. The number of hydrogen-bond donors (Lipinski definition) is 1. The molecule has 1 unspecified atom stereocenters. The molecule has 1 N–H and O–H groups in total. The highest BCUT2D eigenvalue weighted by Gasteiger charge is 2.56. The monoisotopic (exact) mass is 376 g/mol. The van der Waals surface area contributed by atoms with Gasteiger partial charge in [0.2, 0.25) is 15.9 Å². The molecule has 2 aliphatic rings. The number of piperidine rings is 1. The molecule has 1 saturated carbocycles. The lowest BCUT2D eigenvalue weighted by Crippen LogP contribution is -2.35. The number of halogens is 2. The first-order valence-corrected chi connectivity index (χ1v) is 9.79. The molecule has 0 bridgehead atoms. The van der Waals surface area contributed by atoms with Crippen LogP contribution in [0.15, 0.2) is 29.2 Å². The van der Waals surface area contributed by atoms with E-state index in [2.05, 4.69) is 5.32 Å². The van der Waals surface area contributed by atoms with Crippen molar-refractivity contribution in [1.29, 1.82) is 0 Å². The SMILES string of the molecule is O=C(Nc1cccc(S(=O)(=O)N2CCCCC2)c1)C1CC1(Cl)Cl. The Morgan fingerprint density at radius 1 is 1.22 bits per heavy atom. The molecule has 1 saturated heterocycles. The second-order valence-corrected chi connectivity index (χ2v) is 9.48. The average Bonchev–Trinajstić information content (AvgIpc) is 3.17. The van der Waals surface area contributed by atoms with Gasteiger partial charge in [0.1, 0.15) is 4.33 Å². The van der Waals surface area contributed by atoms with Gasteiger partial charge >= 0.3 is 0 Å². The van der Waals surface area contributed by atoms with Crippen LogP contribution >= 0.6 is 23.2 Å². The van der Waals surface area contributed by atoms with Crippen molar-refractivity contribution in [2.24, 2.45) is 5.92 Å². The molecule has 1 atom stereocenters. The summed E-state index contributed by atoms with van der Waals surface area (Å²) in [6, 6.07) is 6.30. The molecule has 1 heterocycles. The van der Waals surface area contributed by atoms with Gasteiger partial charge in [-0.15, -0.1) is 23.2 Å². The van der Waals surface area contributed by atoms with Crippen LogP contribution in [-0.4, -0.2) is 36.1 Å². The third-order valence-corrected chi connectivity index (χ3v) is 6.93. The second kappa shape index (κ2) is 6.24. The zero-order valence-corrected chi connectivity index (χ0v) is 14.8. The molecule has 1 aromatic carbocycles. The second-order valence-electron chi connectivity index (χ2n) is 6.00. The third-order valence-electron chi connectivity index (χ3n) is 4.20. The number of anilines is 1. The summed E-state index contributed by atoms with van der Waals surface area (Å²) < 4.78 is 25.8. The number of carbonyl (C=O) groups is 1. The van der Waals surface area contributed by atoms with Crippen LogP contribution in [0.25, 0.3) is 0 Å². The summed E-state index contributed by atoms with van der Waals surface area (Å²) in [4.78, 5) is 12.2. The van der Waals surface area contributed by atoms with E-state index in [1.165, 1.54) is 10.4 Å². The van der Waals surface area contributed by atoms with E-state index in [-0.39, 0.29) is 10.8 Å². The van der Waals surface area contributed by atoms with E-state index in [1.807, 2.05) is 0 Å². The molecule has 2 fully saturated rings. The molecule has 0 radical (unpaired) electrons. The van der Waals surface area contributed by atoms with Crippen LogP contribution in [-0.2, 0) is 14.8 Å². The quantitative estimate of drug-likeness (QED) is 0.821. The Morgan fingerprint density at radius 3 is 2.48 bits per heavy atom. The Kier molecular flexibility index (Phi) is 4.62. The van der Waals surface area contributed by atoms with Gasteiger partial charge in [-0.05, 0) is 37.5 Å². The highest BCUT2D eigenvalue weighted by Crippen LogP contribution is 2.53. The first-order chi connectivity index (χ1) is 10.8. The Morgan fingerprint density at radius 2 is 1.87 bits per heavy atom. The summed E-state index contributed by atoms with van der Waals surface area (Å²) in [7, 11) is -3.52. The molecule has 1 amide bonds. The Hall–Kier alpha value is -0.820. The van der Waals surface area contributed by atoms with Gasteiger partial charge < -0.3 is 5.32 Å². The lowest BCUT2D eigenvalue weighted by molar-refractivity contribution is -0.117. The minimum absolute atomic E-state index is 0.191. The average molecular weight is 377 g/mol. The van der Waals surface area contributed by atoms with E-state index in [0.717, 1.165) is 19.3 Å². The fraction of sp³-hybridized carbons (Fsp3) is 0.533. The van der Waals surface area contributed by atoms with Gasteiger partial charge in [0.05, 0.1) is 10.8 Å². The van der Waals surface area contributed by atoms with Crippen molar-refractivity contribution in [2.75, 3.05) is 18.4 Å².